The first-order valence-electron chi connectivity index (χ1n) is 6.06. The molecule has 3 heteroatoms. The zero-order chi connectivity index (χ0) is 12.2. The van der Waals surface area contributed by atoms with Gasteiger partial charge in [-0.3, -0.25) is 0 Å². The summed E-state index contributed by atoms with van der Waals surface area (Å²) in [6.07, 6.45) is 7.73. The molecule has 1 N–H and O–H groups in total. The second-order valence-corrected chi connectivity index (χ2v) is 5.08. The Hall–Kier alpha value is -0.990. The molecule has 0 spiro atoms. The summed E-state index contributed by atoms with van der Waals surface area (Å²) in [5.74, 6) is 0.255. The van der Waals surface area contributed by atoms with E-state index in [0.717, 1.165) is 6.42 Å². The Balaban J connectivity index is 2.30. The third kappa shape index (κ3) is 3.26. The fourth-order valence-corrected chi connectivity index (χ4v) is 2.07. The number of carbonyl (C=O) groups is 1. The van der Waals surface area contributed by atoms with Gasteiger partial charge >= 0.3 is 6.16 Å². The fourth-order valence-electron chi connectivity index (χ4n) is 2.07. The highest BCUT2D eigenvalue weighted by Gasteiger charge is 2.59. The first kappa shape index (κ1) is 13.1. The Morgan fingerprint density at radius 2 is 2.12 bits per heavy atom. The van der Waals surface area contributed by atoms with Gasteiger partial charge in [0.25, 0.3) is 0 Å². The van der Waals surface area contributed by atoms with Crippen LogP contribution in [0.3, 0.4) is 0 Å². The first-order chi connectivity index (χ1) is 7.50. The molecule has 1 saturated carbocycles. The van der Waals surface area contributed by atoms with Crippen LogP contribution in [0.25, 0.3) is 0 Å². The Morgan fingerprint density at radius 1 is 1.44 bits per heavy atom. The SMILES string of the molecule is CCCCCC=CC1C(OC(=O)O)C1(C)C. The Kier molecular flexibility index (Phi) is 4.39. The maximum Gasteiger partial charge on any atom is 0.506 e. The highest BCUT2D eigenvalue weighted by atomic mass is 16.7. The van der Waals surface area contributed by atoms with Gasteiger partial charge in [0, 0.05) is 11.3 Å². The van der Waals surface area contributed by atoms with Gasteiger partial charge in [-0.15, -0.1) is 0 Å². The van der Waals surface area contributed by atoms with Crippen LogP contribution < -0.4 is 0 Å². The van der Waals surface area contributed by atoms with E-state index in [0.29, 0.717) is 0 Å². The van der Waals surface area contributed by atoms with Crippen LogP contribution in [0.1, 0.15) is 46.5 Å². The first-order valence-corrected chi connectivity index (χ1v) is 6.06. The van der Waals surface area contributed by atoms with E-state index in [2.05, 4.69) is 19.1 Å². The van der Waals surface area contributed by atoms with E-state index >= 15 is 0 Å². The lowest BCUT2D eigenvalue weighted by molar-refractivity contribution is 0.0732. The van der Waals surface area contributed by atoms with Crippen molar-refractivity contribution in [3.05, 3.63) is 12.2 Å². The average Bonchev–Trinajstić information content (AvgIpc) is 2.68. The van der Waals surface area contributed by atoms with Crippen LogP contribution in [0.2, 0.25) is 0 Å². The molecule has 1 aliphatic rings. The lowest BCUT2D eigenvalue weighted by Crippen LogP contribution is -2.07. The molecule has 0 aromatic heterocycles. The second-order valence-electron chi connectivity index (χ2n) is 5.08. The molecule has 16 heavy (non-hydrogen) atoms. The van der Waals surface area contributed by atoms with E-state index in [4.69, 9.17) is 9.84 Å². The molecule has 0 amide bonds. The summed E-state index contributed by atoms with van der Waals surface area (Å²) >= 11 is 0. The molecule has 1 aliphatic carbocycles. The molecule has 0 saturated heterocycles. The average molecular weight is 226 g/mol. The molecular weight excluding hydrogens is 204 g/mol. The number of unbranched alkanes of at least 4 members (excludes halogenated alkanes) is 3. The molecule has 0 bridgehead atoms. The summed E-state index contributed by atoms with van der Waals surface area (Å²) < 4.78 is 4.83. The van der Waals surface area contributed by atoms with E-state index in [1.165, 1.54) is 19.3 Å². The van der Waals surface area contributed by atoms with Crippen molar-refractivity contribution in [2.45, 2.75) is 52.6 Å². The van der Waals surface area contributed by atoms with Gasteiger partial charge in [0.15, 0.2) is 0 Å². The van der Waals surface area contributed by atoms with Gasteiger partial charge in [-0.2, -0.15) is 0 Å². The van der Waals surface area contributed by atoms with Crippen LogP contribution in [-0.4, -0.2) is 17.4 Å². The van der Waals surface area contributed by atoms with Crippen LogP contribution in [-0.2, 0) is 4.74 Å². The summed E-state index contributed by atoms with van der Waals surface area (Å²) in [6, 6.07) is 0. The Morgan fingerprint density at radius 3 is 2.69 bits per heavy atom. The minimum atomic E-state index is -1.17. The highest BCUT2D eigenvalue weighted by Crippen LogP contribution is 2.55. The standard InChI is InChI=1S/C13H22O3/c1-4-5-6-7-8-9-10-11(13(10,2)3)16-12(14)15/h8-11H,4-7H2,1-3H3,(H,14,15). The van der Waals surface area contributed by atoms with E-state index in [1.807, 2.05) is 13.8 Å². The number of hydrogen-bond acceptors (Lipinski definition) is 2. The van der Waals surface area contributed by atoms with Gasteiger partial charge in [0.2, 0.25) is 0 Å². The molecule has 1 fully saturated rings. The monoisotopic (exact) mass is 226 g/mol. The van der Waals surface area contributed by atoms with Crippen molar-refractivity contribution in [3.63, 3.8) is 0 Å². The van der Waals surface area contributed by atoms with Crippen LogP contribution in [0.4, 0.5) is 4.79 Å². The van der Waals surface area contributed by atoms with E-state index < -0.39 is 6.16 Å². The number of allylic oxidation sites excluding steroid dienone is 1. The van der Waals surface area contributed by atoms with Crippen LogP contribution in [0.5, 0.6) is 0 Å². The number of carboxylic acid groups (broad SMARTS) is 1. The lowest BCUT2D eigenvalue weighted by Gasteiger charge is -1.99. The van der Waals surface area contributed by atoms with Gasteiger partial charge in [-0.1, -0.05) is 45.8 Å². The highest BCUT2D eigenvalue weighted by molar-refractivity contribution is 5.58. The summed E-state index contributed by atoms with van der Waals surface area (Å²) in [7, 11) is 0. The van der Waals surface area contributed by atoms with Gasteiger partial charge in [0.05, 0.1) is 0 Å². The van der Waals surface area contributed by atoms with Crippen molar-refractivity contribution < 1.29 is 14.6 Å². The van der Waals surface area contributed by atoms with Crippen molar-refractivity contribution in [2.75, 3.05) is 0 Å². The molecule has 0 aliphatic heterocycles. The van der Waals surface area contributed by atoms with Crippen LogP contribution in [0.15, 0.2) is 12.2 Å². The topological polar surface area (TPSA) is 46.5 Å². The molecule has 1 rings (SSSR count). The van der Waals surface area contributed by atoms with Crippen molar-refractivity contribution >= 4 is 6.16 Å². The minimum absolute atomic E-state index is 0.0281. The number of ether oxygens (including phenoxy) is 1. The minimum Gasteiger partial charge on any atom is -0.450 e. The van der Waals surface area contributed by atoms with E-state index in [1.54, 1.807) is 0 Å². The molecule has 0 aromatic carbocycles. The van der Waals surface area contributed by atoms with Crippen LogP contribution >= 0.6 is 0 Å². The van der Waals surface area contributed by atoms with Gasteiger partial charge in [-0.25, -0.2) is 4.79 Å². The quantitative estimate of drug-likeness (QED) is 0.425. The van der Waals surface area contributed by atoms with Gasteiger partial charge in [-0.05, 0) is 12.8 Å². The smallest absolute Gasteiger partial charge is 0.450 e. The zero-order valence-electron chi connectivity index (χ0n) is 10.4. The molecule has 3 nitrogen and oxygen atoms in total. The van der Waals surface area contributed by atoms with Crippen molar-refractivity contribution in [1.29, 1.82) is 0 Å². The lowest BCUT2D eigenvalue weighted by atomic mass is 10.1. The summed E-state index contributed by atoms with van der Waals surface area (Å²) in [5, 5.41) is 8.57. The molecule has 2 unspecified atom stereocenters. The molecule has 0 radical (unpaired) electrons. The van der Waals surface area contributed by atoms with Crippen molar-refractivity contribution in [3.8, 4) is 0 Å². The summed E-state index contributed by atoms with van der Waals surface area (Å²) in [5.41, 5.74) is -0.0281. The van der Waals surface area contributed by atoms with Crippen molar-refractivity contribution in [1.82, 2.24) is 0 Å². The second kappa shape index (κ2) is 5.37. The summed E-state index contributed by atoms with van der Waals surface area (Å²) in [4.78, 5) is 10.5. The number of hydrogen-bond donors (Lipinski definition) is 1. The maximum absolute atomic E-state index is 10.5. The largest absolute Gasteiger partial charge is 0.506 e. The zero-order valence-corrected chi connectivity index (χ0v) is 10.4. The summed E-state index contributed by atoms with van der Waals surface area (Å²) in [6.45, 7) is 6.27. The third-order valence-electron chi connectivity index (χ3n) is 3.36. The number of rotatable bonds is 6. The van der Waals surface area contributed by atoms with Crippen LogP contribution in [0, 0.1) is 11.3 Å². The molecule has 2 atom stereocenters. The Bertz CT molecular complexity index is 268. The van der Waals surface area contributed by atoms with Gasteiger partial charge < -0.3 is 9.84 Å². The Labute approximate surface area is 97.5 Å². The normalized spacial score (nSPS) is 26.9. The molecular formula is C13H22O3. The third-order valence-corrected chi connectivity index (χ3v) is 3.36. The molecule has 0 heterocycles. The predicted octanol–water partition coefficient (Wildman–Crippen LogP) is 3.84. The molecule has 0 aromatic rings. The van der Waals surface area contributed by atoms with Gasteiger partial charge in [0.1, 0.15) is 6.10 Å². The van der Waals surface area contributed by atoms with E-state index in [9.17, 15) is 4.79 Å². The maximum atomic E-state index is 10.5. The predicted molar refractivity (Wildman–Crippen MR) is 63.5 cm³/mol. The molecule has 92 valence electrons. The van der Waals surface area contributed by atoms with Crippen molar-refractivity contribution in [2.24, 2.45) is 11.3 Å². The fraction of sp³-hybridized carbons (Fsp3) is 0.769. The van der Waals surface area contributed by atoms with E-state index in [-0.39, 0.29) is 17.4 Å².